The second kappa shape index (κ2) is 6.75. The van der Waals surface area contributed by atoms with E-state index in [2.05, 4.69) is 4.98 Å². The van der Waals surface area contributed by atoms with E-state index in [9.17, 15) is 0 Å². The molecule has 0 saturated heterocycles. The number of hydrogen-bond donors (Lipinski definition) is 0. The zero-order valence-corrected chi connectivity index (χ0v) is 14.6. The number of para-hydroxylation sites is 2. The predicted molar refractivity (Wildman–Crippen MR) is 104 cm³/mol. The first-order valence-corrected chi connectivity index (χ1v) is 8.54. The number of rotatable bonds is 3. The van der Waals surface area contributed by atoms with E-state index >= 15 is 0 Å². The summed E-state index contributed by atoms with van der Waals surface area (Å²) in [5.41, 5.74) is 4.63. The lowest BCUT2D eigenvalue weighted by Gasteiger charge is -2.08. The Bertz CT molecular complexity index is 967. The van der Waals surface area contributed by atoms with Gasteiger partial charge >= 0.3 is 0 Å². The number of oxazole rings is 1. The molecule has 122 valence electrons. The lowest BCUT2D eigenvalue weighted by atomic mass is 9.97. The highest BCUT2D eigenvalue weighted by atomic mass is 35.5. The maximum Gasteiger partial charge on any atom is 0.220 e. The van der Waals surface area contributed by atoms with E-state index in [1.54, 1.807) is 0 Å². The van der Waals surface area contributed by atoms with Crippen LogP contribution < -0.4 is 0 Å². The monoisotopic (exact) mass is 365 g/mol. The molecule has 0 amide bonds. The summed E-state index contributed by atoms with van der Waals surface area (Å²) in [5, 5.41) is 1.39. The standard InChI is InChI=1S/C21H13Cl2NO/c22-16-9-5-14(6-10-16)18(15-7-11-17(23)12-8-15)13-21-24-19-3-1-2-4-20(19)25-21/h1-13H. The highest BCUT2D eigenvalue weighted by Gasteiger charge is 2.09. The molecule has 3 aromatic carbocycles. The number of nitrogens with zero attached hydrogens (tertiary/aromatic N) is 1. The summed E-state index contributed by atoms with van der Waals surface area (Å²) in [7, 11) is 0. The Morgan fingerprint density at radius 1 is 0.760 bits per heavy atom. The molecule has 4 aromatic rings. The second-order valence-electron chi connectivity index (χ2n) is 5.59. The minimum Gasteiger partial charge on any atom is -0.437 e. The van der Waals surface area contributed by atoms with Crippen molar-refractivity contribution in [1.82, 2.24) is 4.98 Å². The lowest BCUT2D eigenvalue weighted by Crippen LogP contribution is -1.88. The fourth-order valence-corrected chi connectivity index (χ4v) is 2.92. The molecule has 1 aromatic heterocycles. The van der Waals surface area contributed by atoms with Crippen molar-refractivity contribution < 1.29 is 4.42 Å². The molecule has 4 heteroatoms. The minimum absolute atomic E-state index is 0.557. The number of hydrogen-bond acceptors (Lipinski definition) is 2. The Kier molecular flexibility index (Phi) is 4.31. The van der Waals surface area contributed by atoms with Crippen molar-refractivity contribution in [2.75, 3.05) is 0 Å². The molecule has 0 spiro atoms. The molecular formula is C21H13Cl2NO. The third-order valence-corrected chi connectivity index (χ3v) is 4.39. The van der Waals surface area contributed by atoms with Gasteiger partial charge < -0.3 is 4.42 Å². The number of benzene rings is 3. The normalized spacial score (nSPS) is 10.8. The van der Waals surface area contributed by atoms with Gasteiger partial charge in [0, 0.05) is 16.1 Å². The van der Waals surface area contributed by atoms with Gasteiger partial charge in [-0.25, -0.2) is 4.98 Å². The first-order chi connectivity index (χ1) is 12.2. The maximum atomic E-state index is 6.03. The number of fused-ring (bicyclic) bond motifs is 1. The predicted octanol–water partition coefficient (Wildman–Crippen LogP) is 6.72. The molecule has 0 saturated carbocycles. The van der Waals surface area contributed by atoms with E-state index < -0.39 is 0 Å². The Morgan fingerprint density at radius 2 is 1.32 bits per heavy atom. The van der Waals surface area contributed by atoms with Gasteiger partial charge in [-0.2, -0.15) is 0 Å². The van der Waals surface area contributed by atoms with E-state index in [1.165, 1.54) is 0 Å². The van der Waals surface area contributed by atoms with Crippen LogP contribution in [-0.4, -0.2) is 4.98 Å². The first-order valence-electron chi connectivity index (χ1n) is 7.78. The molecule has 2 nitrogen and oxygen atoms in total. The van der Waals surface area contributed by atoms with Gasteiger partial charge in [-0.05, 0) is 53.1 Å². The van der Waals surface area contributed by atoms with Gasteiger partial charge in [0.1, 0.15) is 5.52 Å². The molecule has 0 aliphatic carbocycles. The summed E-state index contributed by atoms with van der Waals surface area (Å²) >= 11 is 12.1. The van der Waals surface area contributed by atoms with E-state index in [0.717, 1.165) is 27.8 Å². The van der Waals surface area contributed by atoms with Crippen LogP contribution in [0.5, 0.6) is 0 Å². The fourth-order valence-electron chi connectivity index (χ4n) is 2.67. The van der Waals surface area contributed by atoms with Crippen LogP contribution in [0.4, 0.5) is 0 Å². The summed E-state index contributed by atoms with van der Waals surface area (Å²) in [6.07, 6.45) is 1.94. The largest absolute Gasteiger partial charge is 0.437 e. The van der Waals surface area contributed by atoms with Gasteiger partial charge in [0.25, 0.3) is 0 Å². The molecular weight excluding hydrogens is 353 g/mol. The highest BCUT2D eigenvalue weighted by Crippen LogP contribution is 2.29. The minimum atomic E-state index is 0.557. The smallest absolute Gasteiger partial charge is 0.220 e. The average Bonchev–Trinajstić information content (AvgIpc) is 3.04. The van der Waals surface area contributed by atoms with Crippen LogP contribution in [0.25, 0.3) is 22.7 Å². The van der Waals surface area contributed by atoms with E-state index in [1.807, 2.05) is 78.9 Å². The van der Waals surface area contributed by atoms with Gasteiger partial charge in [0.2, 0.25) is 5.89 Å². The van der Waals surface area contributed by atoms with Crippen molar-refractivity contribution in [3.8, 4) is 0 Å². The molecule has 0 atom stereocenters. The van der Waals surface area contributed by atoms with Crippen LogP contribution in [0.15, 0.2) is 77.2 Å². The van der Waals surface area contributed by atoms with Crippen molar-refractivity contribution in [3.05, 3.63) is 99.9 Å². The van der Waals surface area contributed by atoms with Crippen molar-refractivity contribution in [2.45, 2.75) is 0 Å². The van der Waals surface area contributed by atoms with Crippen molar-refractivity contribution >= 4 is 46.0 Å². The summed E-state index contributed by atoms with van der Waals surface area (Å²) < 4.78 is 5.85. The molecule has 0 aliphatic heterocycles. The number of aromatic nitrogens is 1. The Labute approximate surface area is 155 Å². The maximum absolute atomic E-state index is 6.03. The van der Waals surface area contributed by atoms with Crippen molar-refractivity contribution in [3.63, 3.8) is 0 Å². The van der Waals surface area contributed by atoms with Gasteiger partial charge in [-0.15, -0.1) is 0 Å². The van der Waals surface area contributed by atoms with E-state index in [-0.39, 0.29) is 0 Å². The van der Waals surface area contributed by atoms with E-state index in [0.29, 0.717) is 15.9 Å². The average molecular weight is 366 g/mol. The van der Waals surface area contributed by atoms with Crippen LogP contribution in [0.3, 0.4) is 0 Å². The lowest BCUT2D eigenvalue weighted by molar-refractivity contribution is 0.589. The van der Waals surface area contributed by atoms with Gasteiger partial charge in [-0.3, -0.25) is 0 Å². The Hall–Kier alpha value is -2.55. The molecule has 0 fully saturated rings. The van der Waals surface area contributed by atoms with Gasteiger partial charge in [0.15, 0.2) is 5.58 Å². The molecule has 25 heavy (non-hydrogen) atoms. The van der Waals surface area contributed by atoms with Crippen LogP contribution in [0.2, 0.25) is 10.0 Å². The zero-order chi connectivity index (χ0) is 17.2. The third kappa shape index (κ3) is 3.46. The summed E-state index contributed by atoms with van der Waals surface area (Å²) in [6.45, 7) is 0. The second-order valence-corrected chi connectivity index (χ2v) is 6.46. The van der Waals surface area contributed by atoms with Crippen molar-refractivity contribution in [1.29, 1.82) is 0 Å². The van der Waals surface area contributed by atoms with Crippen LogP contribution in [-0.2, 0) is 0 Å². The molecule has 4 rings (SSSR count). The summed E-state index contributed by atoms with van der Waals surface area (Å²) in [5.74, 6) is 0.557. The van der Waals surface area contributed by atoms with Crippen LogP contribution in [0, 0.1) is 0 Å². The molecule has 0 aliphatic rings. The first kappa shape index (κ1) is 15.9. The van der Waals surface area contributed by atoms with Crippen LogP contribution in [0.1, 0.15) is 17.0 Å². The summed E-state index contributed by atoms with van der Waals surface area (Å²) in [4.78, 5) is 4.54. The molecule has 0 N–H and O–H groups in total. The van der Waals surface area contributed by atoms with Crippen LogP contribution >= 0.6 is 23.2 Å². The Morgan fingerprint density at radius 3 is 1.88 bits per heavy atom. The Balaban J connectivity index is 1.86. The third-order valence-electron chi connectivity index (χ3n) is 3.89. The molecule has 1 heterocycles. The van der Waals surface area contributed by atoms with Crippen molar-refractivity contribution in [2.24, 2.45) is 0 Å². The van der Waals surface area contributed by atoms with E-state index in [4.69, 9.17) is 27.6 Å². The molecule has 0 unspecified atom stereocenters. The number of halogens is 2. The highest BCUT2D eigenvalue weighted by molar-refractivity contribution is 6.31. The zero-order valence-electron chi connectivity index (χ0n) is 13.1. The molecule has 0 radical (unpaired) electrons. The van der Waals surface area contributed by atoms with Gasteiger partial charge in [0.05, 0.1) is 0 Å². The molecule has 0 bridgehead atoms. The quantitative estimate of drug-likeness (QED) is 0.402. The van der Waals surface area contributed by atoms with Gasteiger partial charge in [-0.1, -0.05) is 59.6 Å². The topological polar surface area (TPSA) is 26.0 Å². The summed E-state index contributed by atoms with van der Waals surface area (Å²) in [6, 6.07) is 23.1. The fraction of sp³-hybridized carbons (Fsp3) is 0. The SMILES string of the molecule is Clc1ccc(C(=Cc2nc3ccccc3o2)c2ccc(Cl)cc2)cc1.